The molecule has 2 aliphatic heterocycles. The first-order valence-corrected chi connectivity index (χ1v) is 6.59. The highest BCUT2D eigenvalue weighted by atomic mass is 16.2. The Labute approximate surface area is 112 Å². The lowest BCUT2D eigenvalue weighted by Crippen LogP contribution is -2.53. The van der Waals surface area contributed by atoms with E-state index in [1.54, 1.807) is 24.3 Å². The summed E-state index contributed by atoms with van der Waals surface area (Å²) in [5, 5.41) is 0. The number of nitrogens with zero attached hydrogens (tertiary/aromatic N) is 2. The summed E-state index contributed by atoms with van der Waals surface area (Å²) in [6.45, 7) is 1.90. The van der Waals surface area contributed by atoms with Crippen LogP contribution < -0.4 is 5.73 Å². The Morgan fingerprint density at radius 3 is 2.95 bits per heavy atom. The highest BCUT2D eigenvalue weighted by Crippen LogP contribution is 2.23. The normalized spacial score (nSPS) is 22.5. The van der Waals surface area contributed by atoms with Crippen molar-refractivity contribution in [1.82, 2.24) is 9.80 Å². The Bertz CT molecular complexity index is 529. The lowest BCUT2D eigenvalue weighted by molar-refractivity contribution is -0.130. The van der Waals surface area contributed by atoms with Gasteiger partial charge < -0.3 is 15.5 Å². The van der Waals surface area contributed by atoms with Crippen LogP contribution >= 0.6 is 0 Å². The fourth-order valence-corrected chi connectivity index (χ4v) is 2.90. The van der Waals surface area contributed by atoms with E-state index in [0.29, 0.717) is 37.3 Å². The Kier molecular flexibility index (Phi) is 2.89. The summed E-state index contributed by atoms with van der Waals surface area (Å²) in [6, 6.07) is 7.24. The summed E-state index contributed by atoms with van der Waals surface area (Å²) in [7, 11) is 0. The zero-order valence-electron chi connectivity index (χ0n) is 10.7. The molecule has 0 radical (unpaired) electrons. The van der Waals surface area contributed by atoms with Crippen molar-refractivity contribution >= 4 is 17.5 Å². The maximum absolute atomic E-state index is 12.4. The van der Waals surface area contributed by atoms with Crippen LogP contribution in [0.1, 0.15) is 23.2 Å². The second kappa shape index (κ2) is 4.57. The van der Waals surface area contributed by atoms with E-state index < -0.39 is 0 Å². The topological polar surface area (TPSA) is 66.6 Å². The predicted octanol–water partition coefficient (Wildman–Crippen LogP) is 0.716. The van der Waals surface area contributed by atoms with E-state index >= 15 is 0 Å². The van der Waals surface area contributed by atoms with E-state index in [4.69, 9.17) is 5.73 Å². The van der Waals surface area contributed by atoms with Crippen LogP contribution in [0.4, 0.5) is 5.69 Å². The lowest BCUT2D eigenvalue weighted by Gasteiger charge is -2.37. The number of benzene rings is 1. The molecule has 1 aromatic rings. The molecule has 19 heavy (non-hydrogen) atoms. The molecule has 1 atom stereocenters. The molecule has 3 rings (SSSR count). The van der Waals surface area contributed by atoms with Gasteiger partial charge in [-0.15, -0.1) is 0 Å². The van der Waals surface area contributed by atoms with Gasteiger partial charge in [0.1, 0.15) is 0 Å². The second-order valence-corrected chi connectivity index (χ2v) is 5.16. The van der Waals surface area contributed by atoms with E-state index in [2.05, 4.69) is 0 Å². The van der Waals surface area contributed by atoms with Crippen LogP contribution in [0.5, 0.6) is 0 Å². The fraction of sp³-hybridized carbons (Fsp3) is 0.429. The summed E-state index contributed by atoms with van der Waals surface area (Å²) in [4.78, 5) is 27.7. The molecule has 2 heterocycles. The number of hydrogen-bond acceptors (Lipinski definition) is 3. The monoisotopic (exact) mass is 259 g/mol. The summed E-state index contributed by atoms with van der Waals surface area (Å²) < 4.78 is 0. The first kappa shape index (κ1) is 12.0. The quantitative estimate of drug-likeness (QED) is 0.755. The van der Waals surface area contributed by atoms with Crippen molar-refractivity contribution < 1.29 is 9.59 Å². The summed E-state index contributed by atoms with van der Waals surface area (Å²) in [5.74, 6) is 0.229. The zero-order chi connectivity index (χ0) is 13.4. The first-order valence-electron chi connectivity index (χ1n) is 6.59. The second-order valence-electron chi connectivity index (χ2n) is 5.16. The van der Waals surface area contributed by atoms with Crippen LogP contribution in [0.15, 0.2) is 24.3 Å². The van der Waals surface area contributed by atoms with Gasteiger partial charge in [0.15, 0.2) is 0 Å². The number of nitrogen functional groups attached to an aromatic ring is 1. The van der Waals surface area contributed by atoms with Crippen molar-refractivity contribution in [3.63, 3.8) is 0 Å². The van der Waals surface area contributed by atoms with E-state index in [0.717, 1.165) is 6.42 Å². The van der Waals surface area contributed by atoms with Crippen molar-refractivity contribution in [1.29, 1.82) is 0 Å². The van der Waals surface area contributed by atoms with Crippen molar-refractivity contribution in [3.8, 4) is 0 Å². The van der Waals surface area contributed by atoms with Gasteiger partial charge in [0.2, 0.25) is 5.91 Å². The SMILES string of the molecule is Nc1cccc(C(=O)N2CCN3C(=O)CCC3C2)c1. The number of rotatable bonds is 1. The van der Waals surface area contributed by atoms with E-state index in [1.807, 2.05) is 9.80 Å². The third-order valence-electron chi connectivity index (χ3n) is 3.92. The first-order chi connectivity index (χ1) is 9.15. The maximum atomic E-state index is 12.4. The molecule has 100 valence electrons. The van der Waals surface area contributed by atoms with Crippen LogP contribution in [-0.2, 0) is 4.79 Å². The average Bonchev–Trinajstić information content (AvgIpc) is 2.79. The van der Waals surface area contributed by atoms with Crippen molar-refractivity contribution in [2.24, 2.45) is 0 Å². The number of amides is 2. The molecule has 0 bridgehead atoms. The number of fused-ring (bicyclic) bond motifs is 1. The highest BCUT2D eigenvalue weighted by Gasteiger charge is 2.36. The van der Waals surface area contributed by atoms with E-state index in [9.17, 15) is 9.59 Å². The lowest BCUT2D eigenvalue weighted by atomic mass is 10.1. The van der Waals surface area contributed by atoms with Gasteiger partial charge in [-0.1, -0.05) is 6.07 Å². The van der Waals surface area contributed by atoms with Crippen LogP contribution in [0.25, 0.3) is 0 Å². The molecule has 1 aromatic carbocycles. The van der Waals surface area contributed by atoms with Gasteiger partial charge in [0, 0.05) is 43.3 Å². The number of carbonyl (C=O) groups is 2. The summed E-state index contributed by atoms with van der Waals surface area (Å²) in [6.07, 6.45) is 1.48. The molecule has 1 unspecified atom stereocenters. The van der Waals surface area contributed by atoms with Crippen LogP contribution in [-0.4, -0.2) is 47.3 Å². The molecule has 2 N–H and O–H groups in total. The smallest absolute Gasteiger partial charge is 0.254 e. The molecule has 5 heteroatoms. The zero-order valence-corrected chi connectivity index (χ0v) is 10.7. The van der Waals surface area contributed by atoms with E-state index in [-0.39, 0.29) is 17.9 Å². The van der Waals surface area contributed by atoms with E-state index in [1.165, 1.54) is 0 Å². The maximum Gasteiger partial charge on any atom is 0.254 e. The number of piperazine rings is 1. The molecular weight excluding hydrogens is 242 g/mol. The molecule has 5 nitrogen and oxygen atoms in total. The third kappa shape index (κ3) is 2.16. The van der Waals surface area contributed by atoms with Gasteiger partial charge >= 0.3 is 0 Å². The molecular formula is C14H17N3O2. The molecule has 0 aliphatic carbocycles. The Balaban J connectivity index is 1.74. The van der Waals surface area contributed by atoms with Crippen molar-refractivity contribution in [3.05, 3.63) is 29.8 Å². The highest BCUT2D eigenvalue weighted by molar-refractivity contribution is 5.95. The van der Waals surface area contributed by atoms with Crippen LogP contribution in [0.2, 0.25) is 0 Å². The molecule has 2 saturated heterocycles. The number of anilines is 1. The Hall–Kier alpha value is -2.04. The molecule has 2 fully saturated rings. The molecule has 2 amide bonds. The third-order valence-corrected chi connectivity index (χ3v) is 3.92. The number of hydrogen-bond donors (Lipinski definition) is 1. The predicted molar refractivity (Wildman–Crippen MR) is 71.5 cm³/mol. The number of nitrogens with two attached hydrogens (primary N) is 1. The standard InChI is InChI=1S/C14H17N3O2/c15-11-3-1-2-10(8-11)14(19)16-6-7-17-12(9-16)4-5-13(17)18/h1-3,8,12H,4-7,9,15H2. The number of carbonyl (C=O) groups excluding carboxylic acids is 2. The van der Waals surface area contributed by atoms with Crippen LogP contribution in [0, 0.1) is 0 Å². The largest absolute Gasteiger partial charge is 0.399 e. The van der Waals surface area contributed by atoms with Gasteiger partial charge in [-0.05, 0) is 24.6 Å². The molecule has 2 aliphatic rings. The Morgan fingerprint density at radius 2 is 2.16 bits per heavy atom. The summed E-state index contributed by atoms with van der Waals surface area (Å²) >= 11 is 0. The molecule has 0 aromatic heterocycles. The Morgan fingerprint density at radius 1 is 1.32 bits per heavy atom. The fourth-order valence-electron chi connectivity index (χ4n) is 2.90. The average molecular weight is 259 g/mol. The van der Waals surface area contributed by atoms with Gasteiger partial charge in [0.25, 0.3) is 5.91 Å². The van der Waals surface area contributed by atoms with Gasteiger partial charge in [-0.3, -0.25) is 9.59 Å². The minimum atomic E-state index is 0.00583. The minimum Gasteiger partial charge on any atom is -0.399 e. The van der Waals surface area contributed by atoms with Gasteiger partial charge in [0.05, 0.1) is 0 Å². The van der Waals surface area contributed by atoms with Gasteiger partial charge in [-0.2, -0.15) is 0 Å². The minimum absolute atomic E-state index is 0.00583. The molecule has 0 spiro atoms. The van der Waals surface area contributed by atoms with Crippen LogP contribution in [0.3, 0.4) is 0 Å². The van der Waals surface area contributed by atoms with Gasteiger partial charge in [-0.25, -0.2) is 0 Å². The molecule has 0 saturated carbocycles. The van der Waals surface area contributed by atoms with Crippen molar-refractivity contribution in [2.45, 2.75) is 18.9 Å². The van der Waals surface area contributed by atoms with Crippen molar-refractivity contribution in [2.75, 3.05) is 25.4 Å². The summed E-state index contributed by atoms with van der Waals surface area (Å²) in [5.41, 5.74) is 6.93.